The van der Waals surface area contributed by atoms with Crippen molar-refractivity contribution in [1.29, 1.82) is 0 Å². The third-order valence-corrected chi connectivity index (χ3v) is 9.38. The van der Waals surface area contributed by atoms with Gasteiger partial charge in [0.15, 0.2) is 0 Å². The van der Waals surface area contributed by atoms with Crippen LogP contribution in [0.2, 0.25) is 5.02 Å². The number of esters is 1. The number of carbonyl (C=O) groups excluding carboxylic acids is 1. The molecule has 0 aromatic heterocycles. The van der Waals surface area contributed by atoms with Crippen LogP contribution in [0.5, 0.6) is 5.75 Å². The molecule has 0 unspecified atom stereocenters. The molecule has 2 fully saturated rings. The molecule has 208 valence electrons. The second-order valence-corrected chi connectivity index (χ2v) is 11.3. The summed E-state index contributed by atoms with van der Waals surface area (Å²) in [5.74, 6) is 1.50. The van der Waals surface area contributed by atoms with E-state index in [4.69, 9.17) is 26.8 Å². The van der Waals surface area contributed by atoms with E-state index in [0.29, 0.717) is 28.3 Å². The van der Waals surface area contributed by atoms with E-state index in [2.05, 4.69) is 48.9 Å². The maximum absolute atomic E-state index is 11.8. The van der Waals surface area contributed by atoms with E-state index in [-0.39, 0.29) is 0 Å². The molecule has 0 radical (unpaired) electrons. The summed E-state index contributed by atoms with van der Waals surface area (Å²) >= 11 is 5.93. The highest BCUT2D eigenvalue weighted by Crippen LogP contribution is 2.55. The summed E-state index contributed by atoms with van der Waals surface area (Å²) in [7, 11) is 4.12. The molecule has 6 nitrogen and oxygen atoms in total. The standard InChI is InChI=1S/C18H25NO.C13H19ClN2O2/c1-19-10-9-18-8-4-3-5-15(18)17(19)11-13-6-7-14(20-2)12-16(13)18;1-3-16(4-2)7-8-18-13(17)11-6-5-10(15)9-12(11)14/h6-7,12,15,17H,3-5,8-11H2,1-2H3;5-6,9H,3-4,7-8,15H2,1-2H3/t15-,17+,18+;/m1./s1. The Kier molecular flexibility index (Phi) is 9.61. The topological polar surface area (TPSA) is 68.0 Å². The summed E-state index contributed by atoms with van der Waals surface area (Å²) in [4.78, 5) is 16.6. The van der Waals surface area contributed by atoms with Crippen LogP contribution in [0.3, 0.4) is 0 Å². The van der Waals surface area contributed by atoms with Gasteiger partial charge in [-0.05, 0) is 99.7 Å². The van der Waals surface area contributed by atoms with Crippen molar-refractivity contribution in [2.75, 3.05) is 52.7 Å². The van der Waals surface area contributed by atoms with Crippen LogP contribution in [0.15, 0.2) is 36.4 Å². The SMILES string of the molecule is CCN(CC)CCOC(=O)c1ccc(N)cc1Cl.COc1ccc2c(c1)[C@]13CCCC[C@@H]1[C@H](C2)N(C)CC3. The molecule has 2 bridgehead atoms. The van der Waals surface area contributed by atoms with E-state index in [1.807, 2.05) is 0 Å². The van der Waals surface area contributed by atoms with Crippen LogP contribution >= 0.6 is 11.6 Å². The molecule has 0 amide bonds. The summed E-state index contributed by atoms with van der Waals surface area (Å²) in [6.45, 7) is 8.38. The van der Waals surface area contributed by atoms with Crippen molar-refractivity contribution in [3.05, 3.63) is 58.1 Å². The molecule has 5 rings (SSSR count). The monoisotopic (exact) mass is 541 g/mol. The Morgan fingerprint density at radius 1 is 1.16 bits per heavy atom. The van der Waals surface area contributed by atoms with Gasteiger partial charge in [0, 0.05) is 23.7 Å². The second kappa shape index (κ2) is 12.7. The zero-order valence-corrected chi connectivity index (χ0v) is 24.2. The highest BCUT2D eigenvalue weighted by atomic mass is 35.5. The lowest BCUT2D eigenvalue weighted by atomic mass is 9.52. The van der Waals surface area contributed by atoms with Crippen LogP contribution in [-0.2, 0) is 16.6 Å². The Balaban J connectivity index is 0.000000179. The zero-order chi connectivity index (χ0) is 27.3. The number of methoxy groups -OCH3 is 1. The van der Waals surface area contributed by atoms with Gasteiger partial charge < -0.3 is 25.0 Å². The fourth-order valence-corrected chi connectivity index (χ4v) is 7.15. The predicted molar refractivity (Wildman–Crippen MR) is 155 cm³/mol. The number of hydrogen-bond acceptors (Lipinski definition) is 6. The van der Waals surface area contributed by atoms with Crippen LogP contribution in [0.4, 0.5) is 5.69 Å². The molecule has 3 atom stereocenters. The lowest BCUT2D eigenvalue weighted by Gasteiger charge is -2.58. The van der Waals surface area contributed by atoms with Gasteiger partial charge in [-0.1, -0.05) is 44.4 Å². The second-order valence-electron chi connectivity index (χ2n) is 10.9. The minimum Gasteiger partial charge on any atom is -0.497 e. The third kappa shape index (κ3) is 5.98. The molecule has 0 spiro atoms. The first kappa shape index (κ1) is 28.7. The Hall–Kier alpha value is -2.28. The molecular weight excluding hydrogens is 498 g/mol. The number of nitrogens with zero attached hydrogens (tertiary/aromatic N) is 2. The third-order valence-electron chi connectivity index (χ3n) is 9.07. The fourth-order valence-electron chi connectivity index (χ4n) is 6.88. The molecule has 1 saturated heterocycles. The Morgan fingerprint density at radius 2 is 1.95 bits per heavy atom. The number of nitrogen functional groups attached to an aromatic ring is 1. The van der Waals surface area contributed by atoms with Gasteiger partial charge in [-0.25, -0.2) is 4.79 Å². The molecule has 1 saturated carbocycles. The number of ether oxygens (including phenoxy) is 2. The van der Waals surface area contributed by atoms with Crippen molar-refractivity contribution < 1.29 is 14.3 Å². The van der Waals surface area contributed by atoms with Gasteiger partial charge in [0.05, 0.1) is 17.7 Å². The number of benzene rings is 2. The van der Waals surface area contributed by atoms with E-state index in [1.54, 1.807) is 36.4 Å². The molecule has 3 aliphatic rings. The molecule has 2 aromatic carbocycles. The molecule has 2 N–H and O–H groups in total. The molecule has 38 heavy (non-hydrogen) atoms. The largest absolute Gasteiger partial charge is 0.497 e. The van der Waals surface area contributed by atoms with Gasteiger partial charge >= 0.3 is 5.97 Å². The summed E-state index contributed by atoms with van der Waals surface area (Å²) in [5, 5.41) is 0.322. The van der Waals surface area contributed by atoms with Crippen molar-refractivity contribution in [1.82, 2.24) is 9.80 Å². The van der Waals surface area contributed by atoms with Crippen molar-refractivity contribution in [2.24, 2.45) is 5.92 Å². The van der Waals surface area contributed by atoms with Crippen molar-refractivity contribution in [3.8, 4) is 5.75 Å². The van der Waals surface area contributed by atoms with Gasteiger partial charge in [-0.3, -0.25) is 0 Å². The van der Waals surface area contributed by atoms with E-state index in [0.717, 1.165) is 37.3 Å². The molecule has 2 aromatic rings. The number of anilines is 1. The van der Waals surface area contributed by atoms with Crippen molar-refractivity contribution in [3.63, 3.8) is 0 Å². The summed E-state index contributed by atoms with van der Waals surface area (Å²) in [5.41, 5.74) is 10.1. The lowest BCUT2D eigenvalue weighted by Crippen LogP contribution is -2.59. The Morgan fingerprint density at radius 3 is 2.66 bits per heavy atom. The molecular formula is C31H44ClN3O3. The summed E-state index contributed by atoms with van der Waals surface area (Å²) in [6, 6.07) is 12.4. The maximum Gasteiger partial charge on any atom is 0.339 e. The number of halogens is 1. The zero-order valence-electron chi connectivity index (χ0n) is 23.5. The minimum absolute atomic E-state index is 0.322. The number of likely N-dealkylation sites (N-methyl/N-ethyl adjacent to an activating group) is 2. The smallest absolute Gasteiger partial charge is 0.339 e. The summed E-state index contributed by atoms with van der Waals surface area (Å²) < 4.78 is 10.7. The van der Waals surface area contributed by atoms with Gasteiger partial charge in [0.1, 0.15) is 12.4 Å². The first-order valence-electron chi connectivity index (χ1n) is 14.1. The van der Waals surface area contributed by atoms with Crippen LogP contribution in [0, 0.1) is 5.92 Å². The number of nitrogens with two attached hydrogens (primary N) is 1. The fraction of sp³-hybridized carbons (Fsp3) is 0.581. The van der Waals surface area contributed by atoms with Gasteiger partial charge in [-0.15, -0.1) is 0 Å². The van der Waals surface area contributed by atoms with Crippen molar-refractivity contribution in [2.45, 2.75) is 63.8 Å². The number of rotatable bonds is 7. The summed E-state index contributed by atoms with van der Waals surface area (Å²) in [6.07, 6.45) is 8.22. The molecule has 1 aliphatic heterocycles. The van der Waals surface area contributed by atoms with E-state index >= 15 is 0 Å². The van der Waals surface area contributed by atoms with E-state index < -0.39 is 5.97 Å². The van der Waals surface area contributed by atoms with Gasteiger partial charge in [-0.2, -0.15) is 0 Å². The average molecular weight is 542 g/mol. The van der Waals surface area contributed by atoms with Gasteiger partial charge in [0.2, 0.25) is 0 Å². The number of hydrogen-bond donors (Lipinski definition) is 1. The highest BCUT2D eigenvalue weighted by Gasteiger charge is 2.53. The van der Waals surface area contributed by atoms with Crippen LogP contribution < -0.4 is 10.5 Å². The number of carbonyl (C=O) groups is 1. The van der Waals surface area contributed by atoms with E-state index in [1.165, 1.54) is 45.1 Å². The number of fused-ring (bicyclic) bond motifs is 1. The molecule has 1 heterocycles. The maximum atomic E-state index is 11.8. The van der Waals surface area contributed by atoms with E-state index in [9.17, 15) is 4.79 Å². The minimum atomic E-state index is -0.410. The highest BCUT2D eigenvalue weighted by molar-refractivity contribution is 6.33. The van der Waals surface area contributed by atoms with Crippen LogP contribution in [-0.4, -0.2) is 68.8 Å². The first-order chi connectivity index (χ1) is 18.3. The molecule has 7 heteroatoms. The van der Waals surface area contributed by atoms with Gasteiger partial charge in [0.25, 0.3) is 0 Å². The quantitative estimate of drug-likeness (QED) is 0.353. The predicted octanol–water partition coefficient (Wildman–Crippen LogP) is 5.80. The Labute approximate surface area is 233 Å². The lowest BCUT2D eigenvalue weighted by molar-refractivity contribution is 0.00274. The normalized spacial score (nSPS) is 24.1. The Bertz CT molecular complexity index is 1110. The number of likely N-dealkylation sites (tertiary alicyclic amines) is 1. The molecule has 2 aliphatic carbocycles. The van der Waals surface area contributed by atoms with Crippen LogP contribution in [0.1, 0.15) is 67.4 Å². The number of piperidine rings is 1. The van der Waals surface area contributed by atoms with Crippen molar-refractivity contribution >= 4 is 23.3 Å². The first-order valence-corrected chi connectivity index (χ1v) is 14.5. The van der Waals surface area contributed by atoms with Crippen LogP contribution in [0.25, 0.3) is 0 Å². The average Bonchev–Trinajstić information content (AvgIpc) is 2.93.